The molecule has 1 aliphatic rings. The lowest BCUT2D eigenvalue weighted by molar-refractivity contribution is -0.154. The van der Waals surface area contributed by atoms with E-state index in [1.165, 1.54) is 19.2 Å². The number of carbonyl (C=O) groups excluding carboxylic acids is 1. The van der Waals surface area contributed by atoms with Crippen LogP contribution in [0.1, 0.15) is 5.56 Å². The largest absolute Gasteiger partial charge is 0.467 e. The highest BCUT2D eigenvalue weighted by Gasteiger charge is 2.43. The van der Waals surface area contributed by atoms with Gasteiger partial charge in [0.2, 0.25) is 0 Å². The molecule has 5 heteroatoms. The zero-order chi connectivity index (χ0) is 12.3. The van der Waals surface area contributed by atoms with Gasteiger partial charge >= 0.3 is 5.97 Å². The van der Waals surface area contributed by atoms with Crippen molar-refractivity contribution in [3.8, 4) is 0 Å². The van der Waals surface area contributed by atoms with Crippen LogP contribution < -0.4 is 5.32 Å². The van der Waals surface area contributed by atoms with Crippen LogP contribution >= 0.6 is 0 Å². The summed E-state index contributed by atoms with van der Waals surface area (Å²) in [6.07, 6.45) is 0. The summed E-state index contributed by atoms with van der Waals surface area (Å²) in [7, 11) is 1.32. The first kappa shape index (κ1) is 12.0. The van der Waals surface area contributed by atoms with Crippen molar-refractivity contribution in [2.24, 2.45) is 0 Å². The number of ether oxygens (including phenoxy) is 2. The van der Waals surface area contributed by atoms with Crippen LogP contribution in [0.2, 0.25) is 0 Å². The van der Waals surface area contributed by atoms with Crippen molar-refractivity contribution in [1.82, 2.24) is 5.32 Å². The minimum atomic E-state index is -1.03. The molecule has 0 aromatic heterocycles. The van der Waals surface area contributed by atoms with Crippen LogP contribution in [0.3, 0.4) is 0 Å². The van der Waals surface area contributed by atoms with Crippen LogP contribution in [-0.4, -0.2) is 32.8 Å². The van der Waals surface area contributed by atoms with Crippen molar-refractivity contribution in [2.45, 2.75) is 5.54 Å². The fourth-order valence-corrected chi connectivity index (χ4v) is 1.96. The lowest BCUT2D eigenvalue weighted by atomic mass is 9.89. The molecule has 4 nitrogen and oxygen atoms in total. The van der Waals surface area contributed by atoms with E-state index < -0.39 is 11.5 Å². The zero-order valence-corrected chi connectivity index (χ0v) is 9.53. The summed E-state index contributed by atoms with van der Waals surface area (Å²) in [5.41, 5.74) is -0.383. The van der Waals surface area contributed by atoms with Crippen molar-refractivity contribution in [3.63, 3.8) is 0 Å². The summed E-state index contributed by atoms with van der Waals surface area (Å²) in [6, 6.07) is 5.76. The standard InChI is InChI=1S/C12H14FNO3/c1-16-11(15)12(8-17-7-6-14-12)9-2-4-10(13)5-3-9/h2-5,14H,6-8H2,1H3. The fourth-order valence-electron chi connectivity index (χ4n) is 1.96. The average molecular weight is 239 g/mol. The molecule has 1 aliphatic heterocycles. The van der Waals surface area contributed by atoms with Crippen LogP contribution in [0.25, 0.3) is 0 Å². The molecule has 0 aliphatic carbocycles. The molecular weight excluding hydrogens is 225 g/mol. The predicted octanol–water partition coefficient (Wildman–Crippen LogP) is 0.814. The second-order valence-electron chi connectivity index (χ2n) is 3.88. The fraction of sp³-hybridized carbons (Fsp3) is 0.417. The summed E-state index contributed by atoms with van der Waals surface area (Å²) in [6.45, 7) is 1.28. The number of hydrogen-bond acceptors (Lipinski definition) is 4. The minimum absolute atomic E-state index is 0.186. The number of esters is 1. The Balaban J connectivity index is 2.38. The van der Waals surface area contributed by atoms with Gasteiger partial charge in [0.1, 0.15) is 5.82 Å². The Bertz CT molecular complexity index is 399. The topological polar surface area (TPSA) is 47.6 Å². The van der Waals surface area contributed by atoms with Crippen LogP contribution in [0.5, 0.6) is 0 Å². The molecule has 2 rings (SSSR count). The van der Waals surface area contributed by atoms with Crippen molar-refractivity contribution >= 4 is 5.97 Å². The molecule has 0 spiro atoms. The number of methoxy groups -OCH3 is 1. The Labute approximate surface area is 98.7 Å². The first-order valence-corrected chi connectivity index (χ1v) is 5.36. The quantitative estimate of drug-likeness (QED) is 0.776. The van der Waals surface area contributed by atoms with Gasteiger partial charge in [0.15, 0.2) is 5.54 Å². The van der Waals surface area contributed by atoms with E-state index in [-0.39, 0.29) is 12.4 Å². The SMILES string of the molecule is COC(=O)C1(c2ccc(F)cc2)COCCN1. The molecule has 1 N–H and O–H groups in total. The number of carbonyl (C=O) groups is 1. The molecular formula is C12H14FNO3. The van der Waals surface area contributed by atoms with E-state index in [1.807, 2.05) is 0 Å². The van der Waals surface area contributed by atoms with Gasteiger partial charge in [-0.05, 0) is 17.7 Å². The third kappa shape index (κ3) is 2.16. The van der Waals surface area contributed by atoms with Gasteiger partial charge in [-0.25, -0.2) is 9.18 Å². The van der Waals surface area contributed by atoms with E-state index in [2.05, 4.69) is 5.32 Å². The van der Waals surface area contributed by atoms with Crippen molar-refractivity contribution in [1.29, 1.82) is 0 Å². The number of halogens is 1. The van der Waals surface area contributed by atoms with Gasteiger partial charge in [0.05, 0.1) is 20.3 Å². The molecule has 0 radical (unpaired) electrons. The van der Waals surface area contributed by atoms with Gasteiger partial charge in [-0.3, -0.25) is 5.32 Å². The maximum absolute atomic E-state index is 12.9. The molecule has 1 atom stereocenters. The second kappa shape index (κ2) is 4.81. The lowest BCUT2D eigenvalue weighted by Gasteiger charge is -2.35. The second-order valence-corrected chi connectivity index (χ2v) is 3.88. The highest BCUT2D eigenvalue weighted by molar-refractivity contribution is 5.83. The molecule has 0 bridgehead atoms. The molecule has 1 unspecified atom stereocenters. The molecule has 1 aromatic rings. The first-order chi connectivity index (χ1) is 8.19. The monoisotopic (exact) mass is 239 g/mol. The molecule has 1 heterocycles. The number of nitrogens with one attached hydrogen (secondary N) is 1. The third-order valence-electron chi connectivity index (χ3n) is 2.86. The Hall–Kier alpha value is -1.46. The number of hydrogen-bond donors (Lipinski definition) is 1. The summed E-state index contributed by atoms with van der Waals surface area (Å²) in [5, 5.41) is 3.10. The molecule has 17 heavy (non-hydrogen) atoms. The van der Waals surface area contributed by atoms with E-state index in [4.69, 9.17) is 9.47 Å². The molecule has 1 fully saturated rings. The average Bonchev–Trinajstić information content (AvgIpc) is 2.39. The first-order valence-electron chi connectivity index (χ1n) is 5.36. The Morgan fingerprint density at radius 1 is 1.47 bits per heavy atom. The lowest BCUT2D eigenvalue weighted by Crippen LogP contribution is -2.57. The Morgan fingerprint density at radius 2 is 2.18 bits per heavy atom. The zero-order valence-electron chi connectivity index (χ0n) is 9.53. The van der Waals surface area contributed by atoms with Crippen molar-refractivity contribution < 1.29 is 18.7 Å². The van der Waals surface area contributed by atoms with E-state index in [1.54, 1.807) is 12.1 Å². The maximum atomic E-state index is 12.9. The van der Waals surface area contributed by atoms with E-state index >= 15 is 0 Å². The van der Waals surface area contributed by atoms with Gasteiger partial charge in [-0.1, -0.05) is 12.1 Å². The molecule has 0 amide bonds. The van der Waals surface area contributed by atoms with Crippen molar-refractivity contribution in [2.75, 3.05) is 26.9 Å². The smallest absolute Gasteiger partial charge is 0.333 e. The molecule has 1 saturated heterocycles. The van der Waals surface area contributed by atoms with E-state index in [0.717, 1.165) is 0 Å². The minimum Gasteiger partial charge on any atom is -0.467 e. The third-order valence-corrected chi connectivity index (χ3v) is 2.86. The van der Waals surface area contributed by atoms with Crippen LogP contribution in [0, 0.1) is 5.82 Å². The highest BCUT2D eigenvalue weighted by Crippen LogP contribution is 2.25. The van der Waals surface area contributed by atoms with Crippen molar-refractivity contribution in [3.05, 3.63) is 35.6 Å². The van der Waals surface area contributed by atoms with Crippen LogP contribution in [-0.2, 0) is 19.8 Å². The van der Waals surface area contributed by atoms with Crippen LogP contribution in [0.4, 0.5) is 4.39 Å². The number of morpholine rings is 1. The normalized spacial score (nSPS) is 24.4. The summed E-state index contributed by atoms with van der Waals surface area (Å²) >= 11 is 0. The van der Waals surface area contributed by atoms with Gasteiger partial charge in [0.25, 0.3) is 0 Å². The van der Waals surface area contributed by atoms with Crippen LogP contribution in [0.15, 0.2) is 24.3 Å². The molecule has 0 saturated carbocycles. The predicted molar refractivity (Wildman–Crippen MR) is 58.9 cm³/mol. The van der Waals surface area contributed by atoms with Gasteiger partial charge in [0, 0.05) is 6.54 Å². The number of benzene rings is 1. The van der Waals surface area contributed by atoms with E-state index in [9.17, 15) is 9.18 Å². The summed E-state index contributed by atoms with van der Waals surface area (Å²) in [4.78, 5) is 11.9. The molecule has 1 aromatic carbocycles. The van der Waals surface area contributed by atoms with Gasteiger partial charge in [-0.15, -0.1) is 0 Å². The maximum Gasteiger partial charge on any atom is 0.333 e. The van der Waals surface area contributed by atoms with E-state index in [0.29, 0.717) is 18.7 Å². The Morgan fingerprint density at radius 3 is 2.71 bits per heavy atom. The van der Waals surface area contributed by atoms with Gasteiger partial charge in [-0.2, -0.15) is 0 Å². The summed E-state index contributed by atoms with van der Waals surface area (Å²) in [5.74, 6) is -0.769. The van der Waals surface area contributed by atoms with Gasteiger partial charge < -0.3 is 9.47 Å². The number of rotatable bonds is 2. The highest BCUT2D eigenvalue weighted by atomic mass is 19.1. The molecule has 92 valence electrons. The Kier molecular flexibility index (Phi) is 3.40. The summed E-state index contributed by atoms with van der Waals surface area (Å²) < 4.78 is 23.0.